The van der Waals surface area contributed by atoms with Gasteiger partial charge in [0.2, 0.25) is 5.91 Å². The van der Waals surface area contributed by atoms with Crippen molar-refractivity contribution >= 4 is 5.91 Å². The number of nitrogens with zero attached hydrogens (tertiary/aromatic N) is 1. The van der Waals surface area contributed by atoms with Gasteiger partial charge in [0.25, 0.3) is 0 Å². The molecule has 1 rings (SSSR count). The van der Waals surface area contributed by atoms with Crippen LogP contribution >= 0.6 is 0 Å². The number of carbonyl (C=O) groups excluding carboxylic acids is 1. The fourth-order valence-electron chi connectivity index (χ4n) is 2.88. The van der Waals surface area contributed by atoms with E-state index in [9.17, 15) is 4.79 Å². The van der Waals surface area contributed by atoms with Crippen LogP contribution in [0.2, 0.25) is 0 Å². The molecule has 1 aliphatic rings. The van der Waals surface area contributed by atoms with Crippen LogP contribution in [-0.4, -0.2) is 30.4 Å². The summed E-state index contributed by atoms with van der Waals surface area (Å²) in [5.74, 6) is -0.219. The molecule has 3 nitrogen and oxygen atoms in total. The molecule has 0 saturated heterocycles. The van der Waals surface area contributed by atoms with Gasteiger partial charge in [-0.15, -0.1) is 0 Å². The zero-order valence-corrected chi connectivity index (χ0v) is 12.5. The molecule has 104 valence electrons. The summed E-state index contributed by atoms with van der Waals surface area (Å²) in [7, 11) is 2.08. The Hall–Kier alpha value is -0.830. The van der Waals surface area contributed by atoms with Crippen molar-refractivity contribution in [2.45, 2.75) is 59.4 Å². The van der Waals surface area contributed by atoms with Gasteiger partial charge < -0.3 is 5.73 Å². The number of allylic oxidation sites excluding steroid dienone is 1. The van der Waals surface area contributed by atoms with Crippen LogP contribution in [0.5, 0.6) is 0 Å². The Morgan fingerprint density at radius 2 is 2.11 bits per heavy atom. The first-order chi connectivity index (χ1) is 8.24. The average molecular weight is 252 g/mol. The summed E-state index contributed by atoms with van der Waals surface area (Å²) in [4.78, 5) is 13.2. The van der Waals surface area contributed by atoms with E-state index in [4.69, 9.17) is 5.73 Å². The fourth-order valence-corrected chi connectivity index (χ4v) is 2.88. The third-order valence-electron chi connectivity index (χ3n) is 4.34. The van der Waals surface area contributed by atoms with Gasteiger partial charge >= 0.3 is 0 Å². The average Bonchev–Trinajstić information content (AvgIpc) is 2.22. The molecule has 0 heterocycles. The number of amides is 1. The van der Waals surface area contributed by atoms with Gasteiger partial charge in [0.05, 0.1) is 0 Å². The molecule has 0 aromatic heterocycles. The lowest BCUT2D eigenvalue weighted by molar-refractivity contribution is -0.119. The van der Waals surface area contributed by atoms with Crippen molar-refractivity contribution in [3.05, 3.63) is 11.1 Å². The van der Waals surface area contributed by atoms with E-state index in [1.165, 1.54) is 24.8 Å². The van der Waals surface area contributed by atoms with Gasteiger partial charge in [-0.05, 0) is 45.6 Å². The Kier molecular flexibility index (Phi) is 4.97. The highest BCUT2D eigenvalue weighted by molar-refractivity contribution is 5.74. The molecule has 0 aromatic carbocycles. The third-order valence-corrected chi connectivity index (χ3v) is 4.34. The molecule has 0 aromatic rings. The zero-order chi connectivity index (χ0) is 13.9. The first-order valence-electron chi connectivity index (χ1n) is 6.91. The molecule has 0 saturated carbocycles. The first kappa shape index (κ1) is 15.2. The van der Waals surface area contributed by atoms with E-state index < -0.39 is 0 Å². The van der Waals surface area contributed by atoms with E-state index in [2.05, 4.69) is 39.6 Å². The monoisotopic (exact) mass is 252 g/mol. The van der Waals surface area contributed by atoms with Crippen LogP contribution in [0.15, 0.2) is 11.1 Å². The van der Waals surface area contributed by atoms with Crippen molar-refractivity contribution in [3.8, 4) is 0 Å². The smallest absolute Gasteiger partial charge is 0.218 e. The highest BCUT2D eigenvalue weighted by Crippen LogP contribution is 2.40. The van der Waals surface area contributed by atoms with Crippen molar-refractivity contribution in [2.24, 2.45) is 11.1 Å². The van der Waals surface area contributed by atoms with Crippen molar-refractivity contribution in [1.29, 1.82) is 0 Å². The maximum Gasteiger partial charge on any atom is 0.218 e. The molecular formula is C15H28N2O. The summed E-state index contributed by atoms with van der Waals surface area (Å²) in [6, 6.07) is 0.209. The van der Waals surface area contributed by atoms with Crippen LogP contribution in [0.1, 0.15) is 53.4 Å². The van der Waals surface area contributed by atoms with Crippen LogP contribution in [0.4, 0.5) is 0 Å². The molecule has 1 amide bonds. The Bertz CT molecular complexity index is 344. The number of rotatable bonds is 5. The predicted octanol–water partition coefficient (Wildman–Crippen LogP) is 2.71. The maximum absolute atomic E-state index is 11.0. The standard InChI is InChI=1S/C15H28N2O/c1-11-7-6-8-15(3,4)13(11)10-17(5)12(2)9-14(16)18/h12H,6-10H2,1-5H3,(H2,16,18)/t12-/m0/s1. The lowest BCUT2D eigenvalue weighted by Gasteiger charge is -2.38. The largest absolute Gasteiger partial charge is 0.370 e. The van der Waals surface area contributed by atoms with E-state index in [1.807, 2.05) is 0 Å². The zero-order valence-electron chi connectivity index (χ0n) is 12.5. The second kappa shape index (κ2) is 5.87. The fraction of sp³-hybridized carbons (Fsp3) is 0.800. The normalized spacial score (nSPS) is 21.2. The van der Waals surface area contributed by atoms with Crippen molar-refractivity contribution < 1.29 is 4.79 Å². The molecule has 0 radical (unpaired) electrons. The van der Waals surface area contributed by atoms with Gasteiger partial charge in [-0.1, -0.05) is 25.0 Å². The molecule has 1 atom stereocenters. The molecule has 3 heteroatoms. The lowest BCUT2D eigenvalue weighted by atomic mass is 9.72. The van der Waals surface area contributed by atoms with E-state index in [0.29, 0.717) is 11.8 Å². The SMILES string of the molecule is CC1=C(CN(C)[C@@H](C)CC(N)=O)C(C)(C)CCC1. The Morgan fingerprint density at radius 1 is 1.50 bits per heavy atom. The van der Waals surface area contributed by atoms with E-state index in [1.54, 1.807) is 5.57 Å². The number of nitrogens with two attached hydrogens (primary N) is 1. The summed E-state index contributed by atoms with van der Waals surface area (Å²) in [5, 5.41) is 0. The van der Waals surface area contributed by atoms with Gasteiger partial charge in [0, 0.05) is 19.0 Å². The molecule has 0 unspecified atom stereocenters. The Morgan fingerprint density at radius 3 is 2.61 bits per heavy atom. The molecule has 0 spiro atoms. The van der Waals surface area contributed by atoms with Crippen molar-refractivity contribution in [3.63, 3.8) is 0 Å². The molecule has 0 fully saturated rings. The van der Waals surface area contributed by atoms with Crippen LogP contribution in [0.3, 0.4) is 0 Å². The second-order valence-corrected chi connectivity index (χ2v) is 6.43. The van der Waals surface area contributed by atoms with Gasteiger partial charge in [-0.2, -0.15) is 0 Å². The van der Waals surface area contributed by atoms with Crippen LogP contribution < -0.4 is 5.73 Å². The van der Waals surface area contributed by atoms with Gasteiger partial charge in [0.1, 0.15) is 0 Å². The molecule has 18 heavy (non-hydrogen) atoms. The lowest BCUT2D eigenvalue weighted by Crippen LogP contribution is -2.37. The minimum atomic E-state index is -0.219. The van der Waals surface area contributed by atoms with E-state index in [-0.39, 0.29) is 11.9 Å². The minimum Gasteiger partial charge on any atom is -0.370 e. The molecule has 0 bridgehead atoms. The topological polar surface area (TPSA) is 46.3 Å². The highest BCUT2D eigenvalue weighted by Gasteiger charge is 2.29. The number of hydrogen-bond donors (Lipinski definition) is 1. The second-order valence-electron chi connectivity index (χ2n) is 6.43. The van der Waals surface area contributed by atoms with Gasteiger partial charge in [0.15, 0.2) is 0 Å². The van der Waals surface area contributed by atoms with E-state index in [0.717, 1.165) is 6.54 Å². The Labute approximate surface area is 111 Å². The minimum absolute atomic E-state index is 0.209. The highest BCUT2D eigenvalue weighted by atomic mass is 16.1. The van der Waals surface area contributed by atoms with Crippen LogP contribution in [0, 0.1) is 5.41 Å². The van der Waals surface area contributed by atoms with Gasteiger partial charge in [-0.3, -0.25) is 9.69 Å². The van der Waals surface area contributed by atoms with Crippen LogP contribution in [-0.2, 0) is 4.79 Å². The number of likely N-dealkylation sites (N-methyl/N-ethyl adjacent to an activating group) is 1. The molecular weight excluding hydrogens is 224 g/mol. The Balaban J connectivity index is 2.73. The van der Waals surface area contributed by atoms with E-state index >= 15 is 0 Å². The van der Waals surface area contributed by atoms with Crippen LogP contribution in [0.25, 0.3) is 0 Å². The van der Waals surface area contributed by atoms with Gasteiger partial charge in [-0.25, -0.2) is 0 Å². The summed E-state index contributed by atoms with van der Waals surface area (Å²) in [6.07, 6.45) is 4.21. The molecule has 1 aliphatic carbocycles. The molecule has 2 N–H and O–H groups in total. The maximum atomic E-state index is 11.0. The van der Waals surface area contributed by atoms with Crippen molar-refractivity contribution in [1.82, 2.24) is 4.90 Å². The number of primary amides is 1. The number of carbonyl (C=O) groups is 1. The summed E-state index contributed by atoms with van der Waals surface area (Å²) in [6.45, 7) is 9.93. The van der Waals surface area contributed by atoms with Crippen molar-refractivity contribution in [2.75, 3.05) is 13.6 Å². The summed E-state index contributed by atoms with van der Waals surface area (Å²) >= 11 is 0. The molecule has 0 aliphatic heterocycles. The first-order valence-corrected chi connectivity index (χ1v) is 6.91. The third kappa shape index (κ3) is 3.84. The number of hydrogen-bond acceptors (Lipinski definition) is 2. The summed E-state index contributed by atoms with van der Waals surface area (Å²) in [5.41, 5.74) is 8.64. The predicted molar refractivity (Wildman–Crippen MR) is 76.2 cm³/mol. The summed E-state index contributed by atoms with van der Waals surface area (Å²) < 4.78 is 0. The quantitative estimate of drug-likeness (QED) is 0.765.